The number of esters is 1. The van der Waals surface area contributed by atoms with Crippen molar-refractivity contribution in [2.24, 2.45) is 0 Å². The first-order valence-corrected chi connectivity index (χ1v) is 3.49. The Hall–Kier alpha value is -1.19. The maximum Gasteiger partial charge on any atom is 0.325 e. The molecule has 1 heterocycles. The zero-order chi connectivity index (χ0) is 8.27. The van der Waals surface area contributed by atoms with E-state index in [1.165, 1.54) is 7.11 Å². The van der Waals surface area contributed by atoms with Crippen molar-refractivity contribution in [2.45, 2.75) is 13.1 Å². The van der Waals surface area contributed by atoms with E-state index in [0.29, 0.717) is 6.54 Å². The Morgan fingerprint density at radius 2 is 2.55 bits per heavy atom. The summed E-state index contributed by atoms with van der Waals surface area (Å²) < 4.78 is 4.52. The monoisotopic (exact) mass is 156 g/mol. The molecule has 1 unspecified atom stereocenters. The largest absolute Gasteiger partial charge is 0.468 e. The number of rotatable bonds is 2. The molecule has 11 heavy (non-hydrogen) atoms. The van der Waals surface area contributed by atoms with Gasteiger partial charge in [0.1, 0.15) is 6.54 Å². The second-order valence-corrected chi connectivity index (χ2v) is 2.41. The molecule has 4 heteroatoms. The number of carbonyl (C=O) groups is 1. The Kier molecular flexibility index (Phi) is 2.36. The van der Waals surface area contributed by atoms with Crippen molar-refractivity contribution in [3.8, 4) is 0 Å². The second-order valence-electron chi connectivity index (χ2n) is 2.41. The predicted molar refractivity (Wildman–Crippen MR) is 40.5 cm³/mol. The van der Waals surface area contributed by atoms with Crippen molar-refractivity contribution in [3.05, 3.63) is 12.4 Å². The van der Waals surface area contributed by atoms with Gasteiger partial charge >= 0.3 is 5.97 Å². The fourth-order valence-electron chi connectivity index (χ4n) is 0.906. The summed E-state index contributed by atoms with van der Waals surface area (Å²) in [5, 5.41) is 3.04. The minimum atomic E-state index is -0.217. The van der Waals surface area contributed by atoms with Crippen LogP contribution in [0.3, 0.4) is 0 Å². The van der Waals surface area contributed by atoms with Gasteiger partial charge in [0.05, 0.1) is 13.3 Å². The lowest BCUT2D eigenvalue weighted by molar-refractivity contribution is -0.141. The number of hydrogen-bond donors (Lipinski definition) is 1. The van der Waals surface area contributed by atoms with E-state index >= 15 is 0 Å². The standard InChI is InChI=1S/C7H12N2O2/c1-6-8-3-4-9(6)5-7(10)11-2/h3-4,6,8H,5H2,1-2H3. The molecule has 1 aliphatic heterocycles. The fraction of sp³-hybridized carbons (Fsp3) is 0.571. The molecule has 0 aromatic rings. The van der Waals surface area contributed by atoms with Gasteiger partial charge in [-0.2, -0.15) is 0 Å². The molecule has 0 radical (unpaired) electrons. The molecule has 1 rings (SSSR count). The lowest BCUT2D eigenvalue weighted by Crippen LogP contribution is -2.36. The summed E-state index contributed by atoms with van der Waals surface area (Å²) in [6.07, 6.45) is 3.84. The van der Waals surface area contributed by atoms with E-state index in [1.807, 2.05) is 24.2 Å². The minimum absolute atomic E-state index is 0.189. The smallest absolute Gasteiger partial charge is 0.325 e. The van der Waals surface area contributed by atoms with E-state index in [9.17, 15) is 4.79 Å². The third-order valence-electron chi connectivity index (χ3n) is 1.64. The van der Waals surface area contributed by atoms with Crippen LogP contribution in [0.25, 0.3) is 0 Å². The Labute approximate surface area is 65.8 Å². The summed E-state index contributed by atoms with van der Waals surface area (Å²) in [5.74, 6) is -0.217. The highest BCUT2D eigenvalue weighted by Crippen LogP contribution is 2.02. The number of ether oxygens (including phenoxy) is 1. The summed E-state index contributed by atoms with van der Waals surface area (Å²) >= 11 is 0. The molecule has 62 valence electrons. The molecule has 0 bridgehead atoms. The normalized spacial score (nSPS) is 21.6. The van der Waals surface area contributed by atoms with Crippen LogP contribution in [0.2, 0.25) is 0 Å². The average molecular weight is 156 g/mol. The first kappa shape index (κ1) is 7.91. The van der Waals surface area contributed by atoms with Crippen molar-refractivity contribution < 1.29 is 9.53 Å². The van der Waals surface area contributed by atoms with Crippen LogP contribution in [0.1, 0.15) is 6.92 Å². The van der Waals surface area contributed by atoms with Crippen LogP contribution in [-0.2, 0) is 9.53 Å². The van der Waals surface area contributed by atoms with Crippen molar-refractivity contribution in [3.63, 3.8) is 0 Å². The summed E-state index contributed by atoms with van der Waals surface area (Å²) in [6, 6.07) is 0. The summed E-state index contributed by atoms with van der Waals surface area (Å²) in [4.78, 5) is 12.7. The maximum atomic E-state index is 10.8. The Morgan fingerprint density at radius 3 is 3.00 bits per heavy atom. The van der Waals surface area contributed by atoms with Gasteiger partial charge in [-0.15, -0.1) is 0 Å². The van der Waals surface area contributed by atoms with E-state index in [2.05, 4.69) is 10.1 Å². The van der Waals surface area contributed by atoms with Gasteiger partial charge in [-0.05, 0) is 6.92 Å². The Balaban J connectivity index is 2.36. The molecule has 4 nitrogen and oxygen atoms in total. The van der Waals surface area contributed by atoms with Crippen LogP contribution in [0.15, 0.2) is 12.4 Å². The second kappa shape index (κ2) is 3.27. The van der Waals surface area contributed by atoms with Crippen LogP contribution in [0.4, 0.5) is 0 Å². The van der Waals surface area contributed by atoms with Crippen LogP contribution in [-0.4, -0.2) is 30.7 Å². The van der Waals surface area contributed by atoms with E-state index in [1.54, 1.807) is 0 Å². The van der Waals surface area contributed by atoms with Gasteiger partial charge in [-0.1, -0.05) is 0 Å². The summed E-state index contributed by atoms with van der Waals surface area (Å²) in [5.41, 5.74) is 0. The number of methoxy groups -OCH3 is 1. The van der Waals surface area contributed by atoms with E-state index in [0.717, 1.165) is 0 Å². The highest BCUT2D eigenvalue weighted by atomic mass is 16.5. The maximum absolute atomic E-state index is 10.8. The van der Waals surface area contributed by atoms with E-state index < -0.39 is 0 Å². The first-order chi connectivity index (χ1) is 5.24. The molecular formula is C7H12N2O2. The molecule has 0 amide bonds. The van der Waals surface area contributed by atoms with Crippen molar-refractivity contribution >= 4 is 5.97 Å². The third-order valence-corrected chi connectivity index (χ3v) is 1.64. The number of nitrogens with one attached hydrogen (secondary N) is 1. The molecular weight excluding hydrogens is 144 g/mol. The molecule has 1 N–H and O–H groups in total. The summed E-state index contributed by atoms with van der Waals surface area (Å²) in [6.45, 7) is 2.28. The number of carbonyl (C=O) groups excluding carboxylic acids is 1. The predicted octanol–water partition coefficient (Wildman–Crippen LogP) is -0.118. The van der Waals surface area contributed by atoms with Gasteiger partial charge in [-0.25, -0.2) is 0 Å². The lowest BCUT2D eigenvalue weighted by Gasteiger charge is -2.19. The molecule has 0 spiro atoms. The molecule has 0 aromatic carbocycles. The fourth-order valence-corrected chi connectivity index (χ4v) is 0.906. The van der Waals surface area contributed by atoms with Crippen molar-refractivity contribution in [1.29, 1.82) is 0 Å². The Morgan fingerprint density at radius 1 is 1.82 bits per heavy atom. The zero-order valence-electron chi connectivity index (χ0n) is 6.70. The van der Waals surface area contributed by atoms with Gasteiger partial charge in [0, 0.05) is 12.4 Å². The van der Waals surface area contributed by atoms with Crippen LogP contribution >= 0.6 is 0 Å². The van der Waals surface area contributed by atoms with Crippen LogP contribution < -0.4 is 5.32 Å². The highest BCUT2D eigenvalue weighted by molar-refractivity contribution is 5.71. The van der Waals surface area contributed by atoms with E-state index in [-0.39, 0.29) is 12.1 Å². The van der Waals surface area contributed by atoms with Crippen molar-refractivity contribution in [2.75, 3.05) is 13.7 Å². The minimum Gasteiger partial charge on any atom is -0.468 e. The number of hydrogen-bond acceptors (Lipinski definition) is 4. The van der Waals surface area contributed by atoms with Gasteiger partial charge in [0.2, 0.25) is 0 Å². The lowest BCUT2D eigenvalue weighted by atomic mass is 10.5. The highest BCUT2D eigenvalue weighted by Gasteiger charge is 2.15. The molecule has 0 saturated carbocycles. The van der Waals surface area contributed by atoms with Crippen LogP contribution in [0, 0.1) is 0 Å². The Bertz CT molecular complexity index is 179. The topological polar surface area (TPSA) is 41.6 Å². The third kappa shape index (κ3) is 1.86. The quantitative estimate of drug-likeness (QED) is 0.566. The first-order valence-electron chi connectivity index (χ1n) is 3.49. The molecule has 0 aliphatic carbocycles. The summed E-state index contributed by atoms with van der Waals surface area (Å²) in [7, 11) is 1.39. The molecule has 1 atom stereocenters. The number of nitrogens with zero attached hydrogens (tertiary/aromatic N) is 1. The van der Waals surface area contributed by atoms with Gasteiger partial charge in [0.25, 0.3) is 0 Å². The van der Waals surface area contributed by atoms with Crippen LogP contribution in [0.5, 0.6) is 0 Å². The zero-order valence-corrected chi connectivity index (χ0v) is 6.70. The molecule has 0 aromatic heterocycles. The van der Waals surface area contributed by atoms with Crippen molar-refractivity contribution in [1.82, 2.24) is 10.2 Å². The molecule has 0 fully saturated rings. The van der Waals surface area contributed by atoms with Gasteiger partial charge in [0.15, 0.2) is 0 Å². The van der Waals surface area contributed by atoms with Gasteiger partial charge < -0.3 is 15.0 Å². The molecule has 1 aliphatic rings. The SMILES string of the molecule is COC(=O)CN1C=CNC1C. The van der Waals surface area contributed by atoms with Gasteiger partial charge in [-0.3, -0.25) is 4.79 Å². The van der Waals surface area contributed by atoms with E-state index in [4.69, 9.17) is 0 Å². The molecule has 0 saturated heterocycles. The average Bonchev–Trinajstić information content (AvgIpc) is 2.37.